The van der Waals surface area contributed by atoms with Gasteiger partial charge in [0.2, 0.25) is 5.91 Å². The van der Waals surface area contributed by atoms with Crippen LogP contribution in [0.3, 0.4) is 0 Å². The largest absolute Gasteiger partial charge is 0.381 e. The van der Waals surface area contributed by atoms with Gasteiger partial charge in [0.1, 0.15) is 5.82 Å². The normalized spacial score (nSPS) is 24.3. The third kappa shape index (κ3) is 5.72. The average molecular weight is 447 g/mol. The molecule has 0 unspecified atom stereocenters. The molecule has 0 bridgehead atoms. The van der Waals surface area contributed by atoms with Gasteiger partial charge < -0.3 is 15.0 Å². The number of nitrogens with zero attached hydrogens (tertiary/aromatic N) is 1. The van der Waals surface area contributed by atoms with Crippen LogP contribution in [0.1, 0.15) is 90.7 Å². The van der Waals surface area contributed by atoms with Crippen molar-refractivity contribution in [2.75, 3.05) is 32.8 Å². The number of piperidine rings is 1. The molecule has 1 amide bonds. The highest BCUT2D eigenvalue weighted by molar-refractivity contribution is 5.77. The van der Waals surface area contributed by atoms with Crippen LogP contribution >= 0.6 is 0 Å². The molecular formula is C27H43FN2O2. The standard InChI is InChI=1S/C27H41FN2O2.H2/c1-26(2,3)10-13-30-14-11-27(12-15-30)9-6-24(22-5-4-21(28)19-23(22)27)29-25(31)18-20-7-16-32-17-8-20;/h4-5,19-20,24H,6-18H2,1-3H3,(H,29,31);1H/t24-;/m1./s1. The van der Waals surface area contributed by atoms with Crippen molar-refractivity contribution in [3.8, 4) is 0 Å². The summed E-state index contributed by atoms with van der Waals surface area (Å²) < 4.78 is 19.8. The van der Waals surface area contributed by atoms with Gasteiger partial charge in [-0.05, 0) is 105 Å². The quantitative estimate of drug-likeness (QED) is 0.639. The summed E-state index contributed by atoms with van der Waals surface area (Å²) in [7, 11) is 0. The third-order valence-electron chi connectivity index (χ3n) is 8.02. The molecule has 1 aromatic rings. The maximum atomic E-state index is 14.4. The fourth-order valence-corrected chi connectivity index (χ4v) is 5.84. The SMILES string of the molecule is CC(C)(C)CCN1CCC2(CC[C@@H](NC(=O)CC3CCOCC3)c3ccc(F)cc32)CC1.[HH]. The monoisotopic (exact) mass is 446 g/mol. The van der Waals surface area contributed by atoms with Crippen molar-refractivity contribution < 1.29 is 15.3 Å². The summed E-state index contributed by atoms with van der Waals surface area (Å²) in [4.78, 5) is 15.4. The number of nitrogens with one attached hydrogen (secondary N) is 1. The molecule has 4 nitrogen and oxygen atoms in total. The molecule has 4 rings (SSSR count). The Morgan fingerprint density at radius 3 is 2.59 bits per heavy atom. The molecule has 1 N–H and O–H groups in total. The second-order valence-electron chi connectivity index (χ2n) is 11.6. The maximum Gasteiger partial charge on any atom is 0.220 e. The number of likely N-dealkylation sites (tertiary alicyclic amines) is 1. The number of hydrogen-bond acceptors (Lipinski definition) is 3. The number of halogens is 1. The minimum atomic E-state index is -0.160. The van der Waals surface area contributed by atoms with Gasteiger partial charge in [-0.3, -0.25) is 4.79 Å². The second kappa shape index (κ2) is 9.80. The first-order valence-electron chi connectivity index (χ1n) is 12.6. The van der Waals surface area contributed by atoms with E-state index in [0.29, 0.717) is 17.8 Å². The minimum absolute atomic E-state index is 0. The van der Waals surface area contributed by atoms with Crippen molar-refractivity contribution in [3.63, 3.8) is 0 Å². The van der Waals surface area contributed by atoms with Crippen molar-refractivity contribution >= 4 is 5.91 Å². The molecule has 3 aliphatic rings. The molecule has 32 heavy (non-hydrogen) atoms. The van der Waals surface area contributed by atoms with Crippen LogP contribution in [0.5, 0.6) is 0 Å². The molecule has 5 heteroatoms. The van der Waals surface area contributed by atoms with E-state index in [9.17, 15) is 9.18 Å². The lowest BCUT2D eigenvalue weighted by molar-refractivity contribution is -0.123. The first kappa shape index (κ1) is 23.7. The molecule has 2 heterocycles. The number of carbonyl (C=O) groups is 1. The Morgan fingerprint density at radius 1 is 1.19 bits per heavy atom. The van der Waals surface area contributed by atoms with Crippen LogP contribution in [0.15, 0.2) is 18.2 Å². The number of hydrogen-bond donors (Lipinski definition) is 1. The van der Waals surface area contributed by atoms with Crippen LogP contribution in [0, 0.1) is 17.2 Å². The van der Waals surface area contributed by atoms with E-state index in [1.165, 1.54) is 6.42 Å². The molecule has 1 aliphatic carbocycles. The zero-order valence-electron chi connectivity index (χ0n) is 20.2. The lowest BCUT2D eigenvalue weighted by atomic mass is 9.63. The number of fused-ring (bicyclic) bond motifs is 2. The van der Waals surface area contributed by atoms with Gasteiger partial charge in [-0.2, -0.15) is 0 Å². The zero-order valence-corrected chi connectivity index (χ0v) is 20.2. The molecule has 2 aliphatic heterocycles. The molecule has 0 saturated carbocycles. The van der Waals surface area contributed by atoms with Crippen LogP contribution < -0.4 is 5.32 Å². The summed E-state index contributed by atoms with van der Waals surface area (Å²) in [5.74, 6) is 0.390. The van der Waals surface area contributed by atoms with Gasteiger partial charge >= 0.3 is 0 Å². The van der Waals surface area contributed by atoms with E-state index in [4.69, 9.17) is 4.74 Å². The molecule has 2 saturated heterocycles. The molecule has 1 atom stereocenters. The second-order valence-corrected chi connectivity index (χ2v) is 11.6. The molecule has 0 radical (unpaired) electrons. The van der Waals surface area contributed by atoms with Crippen molar-refractivity contribution in [3.05, 3.63) is 35.1 Å². The van der Waals surface area contributed by atoms with Gasteiger partial charge in [0, 0.05) is 21.1 Å². The van der Waals surface area contributed by atoms with Crippen molar-refractivity contribution in [2.45, 2.75) is 83.6 Å². The Hall–Kier alpha value is -1.46. The van der Waals surface area contributed by atoms with E-state index in [-0.39, 0.29) is 24.6 Å². The van der Waals surface area contributed by atoms with E-state index in [2.05, 4.69) is 31.0 Å². The fourth-order valence-electron chi connectivity index (χ4n) is 5.84. The number of carbonyl (C=O) groups excluding carboxylic acids is 1. The van der Waals surface area contributed by atoms with Crippen molar-refractivity contribution in [2.24, 2.45) is 11.3 Å². The molecular weight excluding hydrogens is 403 g/mol. The van der Waals surface area contributed by atoms with Crippen LogP contribution in [0.4, 0.5) is 4.39 Å². The Labute approximate surface area is 194 Å². The van der Waals surface area contributed by atoms with Gasteiger partial charge in [0.15, 0.2) is 0 Å². The number of benzene rings is 1. The highest BCUT2D eigenvalue weighted by Crippen LogP contribution is 2.48. The first-order valence-corrected chi connectivity index (χ1v) is 12.6. The summed E-state index contributed by atoms with van der Waals surface area (Å²) in [6, 6.07) is 5.25. The minimum Gasteiger partial charge on any atom is -0.381 e. The van der Waals surface area contributed by atoms with E-state index >= 15 is 0 Å². The van der Waals surface area contributed by atoms with E-state index in [0.717, 1.165) is 82.5 Å². The molecule has 0 aromatic heterocycles. The Morgan fingerprint density at radius 2 is 1.91 bits per heavy atom. The van der Waals surface area contributed by atoms with Gasteiger partial charge in [0.05, 0.1) is 6.04 Å². The third-order valence-corrected chi connectivity index (χ3v) is 8.02. The van der Waals surface area contributed by atoms with E-state index < -0.39 is 0 Å². The number of rotatable bonds is 5. The molecule has 2 fully saturated rings. The highest BCUT2D eigenvalue weighted by atomic mass is 19.1. The van der Waals surface area contributed by atoms with Gasteiger partial charge in [-0.1, -0.05) is 26.8 Å². The first-order chi connectivity index (χ1) is 15.2. The summed E-state index contributed by atoms with van der Waals surface area (Å²) in [6.07, 6.45) is 7.84. The zero-order chi connectivity index (χ0) is 22.8. The highest BCUT2D eigenvalue weighted by Gasteiger charge is 2.42. The summed E-state index contributed by atoms with van der Waals surface area (Å²) >= 11 is 0. The predicted molar refractivity (Wildman–Crippen MR) is 128 cm³/mol. The summed E-state index contributed by atoms with van der Waals surface area (Å²) in [5, 5.41) is 3.30. The fraction of sp³-hybridized carbons (Fsp3) is 0.741. The van der Waals surface area contributed by atoms with Crippen molar-refractivity contribution in [1.29, 1.82) is 0 Å². The summed E-state index contributed by atoms with van der Waals surface area (Å²) in [5.41, 5.74) is 2.69. The van der Waals surface area contributed by atoms with Crippen LogP contribution in [0.25, 0.3) is 0 Å². The summed E-state index contributed by atoms with van der Waals surface area (Å²) in [6.45, 7) is 11.7. The van der Waals surface area contributed by atoms with Crippen molar-refractivity contribution in [1.82, 2.24) is 10.2 Å². The number of amides is 1. The Kier molecular flexibility index (Phi) is 7.26. The molecule has 180 valence electrons. The van der Waals surface area contributed by atoms with E-state index in [1.807, 2.05) is 6.07 Å². The molecule has 1 spiro atoms. The topological polar surface area (TPSA) is 41.6 Å². The van der Waals surface area contributed by atoms with Gasteiger partial charge in [-0.15, -0.1) is 0 Å². The van der Waals surface area contributed by atoms with Gasteiger partial charge in [-0.25, -0.2) is 4.39 Å². The predicted octanol–water partition coefficient (Wildman–Crippen LogP) is 5.61. The Balaban J connectivity index is 0.00000306. The van der Waals surface area contributed by atoms with Crippen LogP contribution in [0.2, 0.25) is 0 Å². The lowest BCUT2D eigenvalue weighted by Gasteiger charge is -2.47. The van der Waals surface area contributed by atoms with Crippen LogP contribution in [-0.4, -0.2) is 43.7 Å². The lowest BCUT2D eigenvalue weighted by Crippen LogP contribution is -2.47. The van der Waals surface area contributed by atoms with Gasteiger partial charge in [0.25, 0.3) is 0 Å². The average Bonchev–Trinajstić information content (AvgIpc) is 2.76. The maximum absolute atomic E-state index is 14.4. The number of ether oxygens (including phenoxy) is 1. The smallest absolute Gasteiger partial charge is 0.220 e. The molecule has 1 aromatic carbocycles. The Bertz CT molecular complexity index is 796. The van der Waals surface area contributed by atoms with E-state index in [1.54, 1.807) is 12.1 Å². The van der Waals surface area contributed by atoms with Crippen LogP contribution in [-0.2, 0) is 14.9 Å².